The molecule has 2 aromatic carbocycles. The van der Waals surface area contributed by atoms with E-state index in [1.807, 2.05) is 55.5 Å². The lowest BCUT2D eigenvalue weighted by atomic mass is 10.1. The van der Waals surface area contributed by atoms with Crippen molar-refractivity contribution in [3.63, 3.8) is 0 Å². The summed E-state index contributed by atoms with van der Waals surface area (Å²) in [7, 11) is 1.62. The second kappa shape index (κ2) is 6.67. The van der Waals surface area contributed by atoms with Gasteiger partial charge in [0.25, 0.3) is 5.89 Å². The van der Waals surface area contributed by atoms with Gasteiger partial charge in [-0.3, -0.25) is 0 Å². The summed E-state index contributed by atoms with van der Waals surface area (Å²) < 4.78 is 10.9. The molecule has 1 heterocycles. The predicted molar refractivity (Wildman–Crippen MR) is 91.2 cm³/mol. The molecular weight excluding hydrogens is 312 g/mol. The lowest BCUT2D eigenvalue weighted by Crippen LogP contribution is -1.83. The van der Waals surface area contributed by atoms with Gasteiger partial charge >= 0.3 is 0 Å². The van der Waals surface area contributed by atoms with Crippen molar-refractivity contribution in [2.75, 3.05) is 7.11 Å². The van der Waals surface area contributed by atoms with Crippen molar-refractivity contribution >= 4 is 22.7 Å². The Kier molecular flexibility index (Phi) is 4.44. The van der Waals surface area contributed by atoms with E-state index >= 15 is 0 Å². The number of nitrogens with zero attached hydrogens (tertiary/aromatic N) is 2. The fourth-order valence-electron chi connectivity index (χ4n) is 2.15. The van der Waals surface area contributed by atoms with Crippen LogP contribution in [0, 0.1) is 6.92 Å². The van der Waals surface area contributed by atoms with Crippen molar-refractivity contribution in [2.45, 2.75) is 6.92 Å². The van der Waals surface area contributed by atoms with Gasteiger partial charge in [0, 0.05) is 5.56 Å². The van der Waals surface area contributed by atoms with Crippen LogP contribution in [0.2, 0.25) is 0 Å². The molecule has 23 heavy (non-hydrogen) atoms. The van der Waals surface area contributed by atoms with Gasteiger partial charge in [-0.05, 0) is 42.8 Å². The minimum absolute atomic E-state index is 0.283. The zero-order valence-corrected chi connectivity index (χ0v) is 13.5. The van der Waals surface area contributed by atoms with Crippen LogP contribution >= 0.6 is 11.6 Å². The smallest absolute Gasteiger partial charge is 0.259 e. The minimum Gasteiger partial charge on any atom is -0.497 e. The number of methoxy groups -OCH3 is 1. The molecule has 0 aliphatic rings. The van der Waals surface area contributed by atoms with Crippen LogP contribution in [0.3, 0.4) is 0 Å². The highest BCUT2D eigenvalue weighted by molar-refractivity contribution is 6.50. The first-order valence-electron chi connectivity index (χ1n) is 7.08. The van der Waals surface area contributed by atoms with E-state index in [4.69, 9.17) is 20.8 Å². The van der Waals surface area contributed by atoms with Crippen LogP contribution in [0.1, 0.15) is 17.0 Å². The Morgan fingerprint density at radius 2 is 1.96 bits per heavy atom. The molecule has 0 unspecified atom stereocenters. The van der Waals surface area contributed by atoms with Gasteiger partial charge in [0.15, 0.2) is 0 Å². The van der Waals surface area contributed by atoms with Crippen molar-refractivity contribution in [1.29, 1.82) is 0 Å². The van der Waals surface area contributed by atoms with Crippen LogP contribution in [0.15, 0.2) is 52.9 Å². The van der Waals surface area contributed by atoms with Gasteiger partial charge in [-0.25, -0.2) is 0 Å². The molecule has 3 aromatic rings. The number of rotatable bonds is 4. The van der Waals surface area contributed by atoms with Gasteiger partial charge in [-0.2, -0.15) is 0 Å². The van der Waals surface area contributed by atoms with Crippen LogP contribution in [0.5, 0.6) is 5.75 Å². The van der Waals surface area contributed by atoms with Crippen LogP contribution in [0.25, 0.3) is 22.6 Å². The predicted octanol–water partition coefficient (Wildman–Crippen LogP) is 4.79. The number of halogens is 1. The topological polar surface area (TPSA) is 48.2 Å². The number of hydrogen-bond acceptors (Lipinski definition) is 4. The van der Waals surface area contributed by atoms with Crippen LogP contribution < -0.4 is 4.74 Å². The highest BCUT2D eigenvalue weighted by Gasteiger charge is 2.11. The molecule has 4 nitrogen and oxygen atoms in total. The molecule has 5 heteroatoms. The second-order valence-electron chi connectivity index (χ2n) is 5.05. The first-order valence-corrected chi connectivity index (χ1v) is 7.45. The van der Waals surface area contributed by atoms with E-state index in [0.29, 0.717) is 10.9 Å². The quantitative estimate of drug-likeness (QED) is 0.691. The van der Waals surface area contributed by atoms with Gasteiger partial charge in [-0.15, -0.1) is 10.2 Å². The normalized spacial score (nSPS) is 11.5. The van der Waals surface area contributed by atoms with E-state index in [-0.39, 0.29) is 5.89 Å². The minimum atomic E-state index is 0.283. The molecule has 116 valence electrons. The second-order valence-corrected chi connectivity index (χ2v) is 5.46. The van der Waals surface area contributed by atoms with Gasteiger partial charge in [0.05, 0.1) is 7.11 Å². The molecule has 0 amide bonds. The third-order valence-electron chi connectivity index (χ3n) is 3.28. The van der Waals surface area contributed by atoms with E-state index in [1.165, 1.54) is 0 Å². The zero-order chi connectivity index (χ0) is 16.2. The van der Waals surface area contributed by atoms with Gasteiger partial charge in [-0.1, -0.05) is 41.4 Å². The summed E-state index contributed by atoms with van der Waals surface area (Å²) in [5, 5.41) is 8.45. The number of hydrogen-bond donors (Lipinski definition) is 0. The van der Waals surface area contributed by atoms with E-state index in [9.17, 15) is 0 Å². The Balaban J connectivity index is 1.88. The van der Waals surface area contributed by atoms with Crippen LogP contribution in [-0.4, -0.2) is 17.3 Å². The Labute approximate surface area is 139 Å². The summed E-state index contributed by atoms with van der Waals surface area (Å²) in [5.41, 5.74) is 2.89. The van der Waals surface area contributed by atoms with Crippen molar-refractivity contribution in [3.8, 4) is 17.2 Å². The number of aromatic nitrogens is 2. The highest BCUT2D eigenvalue weighted by Crippen LogP contribution is 2.26. The van der Waals surface area contributed by atoms with Crippen molar-refractivity contribution in [2.24, 2.45) is 0 Å². The molecule has 3 rings (SSSR count). The summed E-state index contributed by atoms with van der Waals surface area (Å²) in [5.74, 6) is 1.49. The standard InChI is InChI=1S/C18H15ClN2O2/c1-12-5-3-7-14(9-12)17-20-21-18(23-17)16(19)11-13-6-4-8-15(10-13)22-2/h3-11H,1-2H3/b16-11-. The van der Waals surface area contributed by atoms with Crippen LogP contribution in [-0.2, 0) is 0 Å². The lowest BCUT2D eigenvalue weighted by Gasteiger charge is -2.00. The third kappa shape index (κ3) is 3.60. The van der Waals surface area contributed by atoms with E-state index < -0.39 is 0 Å². The number of ether oxygens (including phenoxy) is 1. The summed E-state index contributed by atoms with van der Waals surface area (Å²) >= 11 is 6.29. The van der Waals surface area contributed by atoms with E-state index in [1.54, 1.807) is 13.2 Å². The fraction of sp³-hybridized carbons (Fsp3) is 0.111. The molecule has 0 aliphatic carbocycles. The molecule has 1 aromatic heterocycles. The van der Waals surface area contributed by atoms with Gasteiger partial charge < -0.3 is 9.15 Å². The average Bonchev–Trinajstić information content (AvgIpc) is 3.05. The lowest BCUT2D eigenvalue weighted by molar-refractivity contribution is 0.414. The van der Waals surface area contributed by atoms with E-state index in [0.717, 1.165) is 22.4 Å². The zero-order valence-electron chi connectivity index (χ0n) is 12.8. The summed E-state index contributed by atoms with van der Waals surface area (Å²) in [6.07, 6.45) is 1.76. The Morgan fingerprint density at radius 1 is 1.13 bits per heavy atom. The summed E-state index contributed by atoms with van der Waals surface area (Å²) in [4.78, 5) is 0. The molecule has 0 atom stereocenters. The maximum Gasteiger partial charge on any atom is 0.259 e. The molecule has 0 fully saturated rings. The van der Waals surface area contributed by atoms with Crippen molar-refractivity contribution in [3.05, 3.63) is 65.5 Å². The van der Waals surface area contributed by atoms with Crippen LogP contribution in [0.4, 0.5) is 0 Å². The molecule has 0 radical (unpaired) electrons. The monoisotopic (exact) mass is 326 g/mol. The SMILES string of the molecule is COc1cccc(/C=C(\Cl)c2nnc(-c3cccc(C)c3)o2)c1. The first-order chi connectivity index (χ1) is 11.2. The molecule has 0 bridgehead atoms. The molecular formula is C18H15ClN2O2. The molecule has 0 saturated carbocycles. The maximum absolute atomic E-state index is 6.29. The Bertz CT molecular complexity index is 855. The number of benzene rings is 2. The maximum atomic E-state index is 6.29. The Hall–Kier alpha value is -2.59. The molecule has 0 N–H and O–H groups in total. The first kappa shape index (κ1) is 15.3. The van der Waals surface area contributed by atoms with E-state index in [2.05, 4.69) is 10.2 Å². The van der Waals surface area contributed by atoms with Crippen molar-refractivity contribution in [1.82, 2.24) is 10.2 Å². The highest BCUT2D eigenvalue weighted by atomic mass is 35.5. The molecule has 0 spiro atoms. The van der Waals surface area contributed by atoms with Gasteiger partial charge in [0.1, 0.15) is 10.8 Å². The average molecular weight is 327 g/mol. The fourth-order valence-corrected chi connectivity index (χ4v) is 2.36. The molecule has 0 saturated heterocycles. The number of aryl methyl sites for hydroxylation is 1. The summed E-state index contributed by atoms with van der Waals surface area (Å²) in [6.45, 7) is 2.01. The Morgan fingerprint density at radius 3 is 2.74 bits per heavy atom. The third-order valence-corrected chi connectivity index (χ3v) is 3.55. The summed E-state index contributed by atoms with van der Waals surface area (Å²) in [6, 6.07) is 15.4. The van der Waals surface area contributed by atoms with Crippen molar-refractivity contribution < 1.29 is 9.15 Å². The molecule has 0 aliphatic heterocycles. The van der Waals surface area contributed by atoms with Gasteiger partial charge in [0.2, 0.25) is 5.89 Å². The largest absolute Gasteiger partial charge is 0.497 e.